The number of thiophene rings is 1. The summed E-state index contributed by atoms with van der Waals surface area (Å²) in [6.45, 7) is 5.96. The second kappa shape index (κ2) is 6.09. The highest BCUT2D eigenvalue weighted by molar-refractivity contribution is 7.14. The third kappa shape index (κ3) is 3.20. The standard InChI is InChI=1S/C16H19NO2S/c1-10(2)17-16(18)15-9-14(11(3)20-15)12-5-7-13(19-4)8-6-12/h5-10H,1-4H3,(H,17,18). The molecule has 0 unspecified atom stereocenters. The van der Waals surface area contributed by atoms with Gasteiger partial charge in [0.1, 0.15) is 5.75 Å². The number of hydrogen-bond donors (Lipinski definition) is 1. The fourth-order valence-electron chi connectivity index (χ4n) is 1.98. The minimum atomic E-state index is -0.00661. The molecule has 0 radical (unpaired) electrons. The zero-order valence-electron chi connectivity index (χ0n) is 12.2. The van der Waals surface area contributed by atoms with Crippen LogP contribution in [0.5, 0.6) is 5.75 Å². The van der Waals surface area contributed by atoms with Crippen molar-refractivity contribution in [1.29, 1.82) is 0 Å². The Morgan fingerprint density at radius 1 is 1.25 bits per heavy atom. The lowest BCUT2D eigenvalue weighted by atomic mass is 10.1. The van der Waals surface area contributed by atoms with Gasteiger partial charge in [0.15, 0.2) is 0 Å². The summed E-state index contributed by atoms with van der Waals surface area (Å²) in [5, 5.41) is 2.92. The van der Waals surface area contributed by atoms with E-state index in [0.717, 1.165) is 26.6 Å². The van der Waals surface area contributed by atoms with Crippen molar-refractivity contribution in [3.8, 4) is 16.9 Å². The number of rotatable bonds is 4. The maximum absolute atomic E-state index is 12.0. The highest BCUT2D eigenvalue weighted by Gasteiger charge is 2.14. The first-order chi connectivity index (χ1) is 9.51. The zero-order valence-corrected chi connectivity index (χ0v) is 13.0. The Kier molecular flexibility index (Phi) is 4.45. The number of carbonyl (C=O) groups excluding carboxylic acids is 1. The van der Waals surface area contributed by atoms with Gasteiger partial charge in [0.2, 0.25) is 0 Å². The molecule has 1 aromatic carbocycles. The molecule has 1 aromatic heterocycles. The molecule has 0 saturated heterocycles. The van der Waals surface area contributed by atoms with Crippen molar-refractivity contribution < 1.29 is 9.53 Å². The van der Waals surface area contributed by atoms with Gasteiger partial charge in [-0.2, -0.15) is 0 Å². The number of nitrogens with one attached hydrogen (secondary N) is 1. The van der Waals surface area contributed by atoms with Gasteiger partial charge >= 0.3 is 0 Å². The molecule has 0 aliphatic rings. The van der Waals surface area contributed by atoms with Crippen LogP contribution in [-0.2, 0) is 0 Å². The molecule has 1 heterocycles. The highest BCUT2D eigenvalue weighted by Crippen LogP contribution is 2.32. The molecule has 2 rings (SSSR count). The van der Waals surface area contributed by atoms with E-state index in [1.54, 1.807) is 7.11 Å². The Morgan fingerprint density at radius 3 is 2.45 bits per heavy atom. The number of methoxy groups -OCH3 is 1. The van der Waals surface area contributed by atoms with E-state index in [9.17, 15) is 4.79 Å². The minimum Gasteiger partial charge on any atom is -0.497 e. The summed E-state index contributed by atoms with van der Waals surface area (Å²) in [6.07, 6.45) is 0. The van der Waals surface area contributed by atoms with Gasteiger partial charge in [-0.15, -0.1) is 11.3 Å². The molecule has 0 spiro atoms. The molecule has 1 amide bonds. The highest BCUT2D eigenvalue weighted by atomic mass is 32.1. The predicted octanol–water partition coefficient (Wildman–Crippen LogP) is 3.87. The number of ether oxygens (including phenoxy) is 1. The van der Waals surface area contributed by atoms with Crippen LogP contribution in [-0.4, -0.2) is 19.1 Å². The summed E-state index contributed by atoms with van der Waals surface area (Å²) in [5.74, 6) is 0.826. The molecule has 0 fully saturated rings. The molecule has 0 saturated carbocycles. The third-order valence-corrected chi connectivity index (χ3v) is 4.01. The Morgan fingerprint density at radius 2 is 1.90 bits per heavy atom. The number of amides is 1. The quantitative estimate of drug-likeness (QED) is 0.928. The first kappa shape index (κ1) is 14.6. The van der Waals surface area contributed by atoms with Crippen LogP contribution in [0.3, 0.4) is 0 Å². The molecule has 2 aromatic rings. The van der Waals surface area contributed by atoms with Gasteiger partial charge in [0.25, 0.3) is 5.91 Å². The Balaban J connectivity index is 2.28. The van der Waals surface area contributed by atoms with Gasteiger partial charge in [-0.3, -0.25) is 4.79 Å². The Labute approximate surface area is 123 Å². The molecule has 1 N–H and O–H groups in total. The van der Waals surface area contributed by atoms with Gasteiger partial charge in [-0.25, -0.2) is 0 Å². The maximum Gasteiger partial charge on any atom is 0.261 e. The number of aryl methyl sites for hydroxylation is 1. The van der Waals surface area contributed by atoms with Crippen molar-refractivity contribution in [2.24, 2.45) is 0 Å². The molecule has 0 bridgehead atoms. The average molecular weight is 289 g/mol. The van der Waals surface area contributed by atoms with Crippen molar-refractivity contribution in [2.45, 2.75) is 26.8 Å². The van der Waals surface area contributed by atoms with Crippen LogP contribution < -0.4 is 10.1 Å². The normalized spacial score (nSPS) is 10.7. The fraction of sp³-hybridized carbons (Fsp3) is 0.312. The van der Waals surface area contributed by atoms with E-state index in [4.69, 9.17) is 4.74 Å². The first-order valence-corrected chi connectivity index (χ1v) is 7.38. The van der Waals surface area contributed by atoms with E-state index < -0.39 is 0 Å². The molecule has 20 heavy (non-hydrogen) atoms. The lowest BCUT2D eigenvalue weighted by Gasteiger charge is -2.05. The zero-order chi connectivity index (χ0) is 14.7. The van der Waals surface area contributed by atoms with E-state index >= 15 is 0 Å². The van der Waals surface area contributed by atoms with Crippen LogP contribution in [0.25, 0.3) is 11.1 Å². The smallest absolute Gasteiger partial charge is 0.261 e. The molecular formula is C16H19NO2S. The second-order valence-corrected chi connectivity index (χ2v) is 6.19. The van der Waals surface area contributed by atoms with Crippen molar-refractivity contribution in [1.82, 2.24) is 5.32 Å². The van der Waals surface area contributed by atoms with E-state index in [1.807, 2.05) is 51.1 Å². The summed E-state index contributed by atoms with van der Waals surface area (Å²) in [5.41, 5.74) is 2.20. The fourth-order valence-corrected chi connectivity index (χ4v) is 2.93. The van der Waals surface area contributed by atoms with E-state index in [0.29, 0.717) is 0 Å². The largest absolute Gasteiger partial charge is 0.497 e. The number of hydrogen-bond acceptors (Lipinski definition) is 3. The van der Waals surface area contributed by atoms with Gasteiger partial charge in [-0.1, -0.05) is 12.1 Å². The summed E-state index contributed by atoms with van der Waals surface area (Å²) in [7, 11) is 1.65. The molecule has 0 atom stereocenters. The summed E-state index contributed by atoms with van der Waals surface area (Å²) < 4.78 is 5.16. The summed E-state index contributed by atoms with van der Waals surface area (Å²) >= 11 is 1.53. The van der Waals surface area contributed by atoms with Gasteiger partial charge < -0.3 is 10.1 Å². The van der Waals surface area contributed by atoms with Crippen molar-refractivity contribution in [2.75, 3.05) is 7.11 Å². The van der Waals surface area contributed by atoms with Gasteiger partial charge in [-0.05, 0) is 50.1 Å². The Bertz CT molecular complexity index is 599. The van der Waals surface area contributed by atoms with Crippen LogP contribution in [0.1, 0.15) is 28.4 Å². The SMILES string of the molecule is COc1ccc(-c2cc(C(=O)NC(C)C)sc2C)cc1. The van der Waals surface area contributed by atoms with Crippen LogP contribution in [0.15, 0.2) is 30.3 Å². The van der Waals surface area contributed by atoms with Crippen molar-refractivity contribution in [3.05, 3.63) is 40.1 Å². The molecule has 106 valence electrons. The van der Waals surface area contributed by atoms with Gasteiger partial charge in [0.05, 0.1) is 12.0 Å². The van der Waals surface area contributed by atoms with Crippen LogP contribution in [0.4, 0.5) is 0 Å². The van der Waals surface area contributed by atoms with E-state index in [-0.39, 0.29) is 11.9 Å². The van der Waals surface area contributed by atoms with Crippen LogP contribution in [0.2, 0.25) is 0 Å². The van der Waals surface area contributed by atoms with E-state index in [2.05, 4.69) is 5.32 Å². The maximum atomic E-state index is 12.0. The second-order valence-electron chi connectivity index (χ2n) is 4.94. The summed E-state index contributed by atoms with van der Waals surface area (Å²) in [4.78, 5) is 13.9. The van der Waals surface area contributed by atoms with Crippen molar-refractivity contribution in [3.63, 3.8) is 0 Å². The molecule has 3 nitrogen and oxygen atoms in total. The number of carbonyl (C=O) groups is 1. The molecule has 0 aliphatic heterocycles. The number of benzene rings is 1. The molecule has 0 aliphatic carbocycles. The lowest BCUT2D eigenvalue weighted by Crippen LogP contribution is -2.29. The molecule has 4 heteroatoms. The average Bonchev–Trinajstić information content (AvgIpc) is 2.80. The van der Waals surface area contributed by atoms with Gasteiger partial charge in [0, 0.05) is 10.9 Å². The topological polar surface area (TPSA) is 38.3 Å². The van der Waals surface area contributed by atoms with Crippen molar-refractivity contribution >= 4 is 17.2 Å². The lowest BCUT2D eigenvalue weighted by molar-refractivity contribution is 0.0947. The minimum absolute atomic E-state index is 0.00661. The predicted molar refractivity (Wildman–Crippen MR) is 83.6 cm³/mol. The first-order valence-electron chi connectivity index (χ1n) is 6.57. The Hall–Kier alpha value is -1.81. The van der Waals surface area contributed by atoms with Crippen LogP contribution >= 0.6 is 11.3 Å². The van der Waals surface area contributed by atoms with E-state index in [1.165, 1.54) is 11.3 Å². The monoisotopic (exact) mass is 289 g/mol. The van der Waals surface area contributed by atoms with Crippen LogP contribution in [0, 0.1) is 6.92 Å². The molecular weight excluding hydrogens is 270 g/mol. The third-order valence-electron chi connectivity index (χ3n) is 2.96. The summed E-state index contributed by atoms with van der Waals surface area (Å²) in [6, 6.07) is 9.99.